The van der Waals surface area contributed by atoms with Crippen LogP contribution in [0.15, 0.2) is 95.6 Å². The molecule has 6 rings (SSSR count). The van der Waals surface area contributed by atoms with E-state index < -0.39 is 0 Å². The van der Waals surface area contributed by atoms with Crippen LogP contribution >= 0.6 is 15.9 Å². The van der Waals surface area contributed by atoms with Gasteiger partial charge in [-0.05, 0) is 48.2 Å². The van der Waals surface area contributed by atoms with Crippen molar-refractivity contribution in [2.75, 3.05) is 0 Å². The second-order valence-corrected chi connectivity index (χ2v) is 11.0. The summed E-state index contributed by atoms with van der Waals surface area (Å²) in [6.45, 7) is 4.27. The fraction of sp³-hybridized carbons (Fsp3) is 0.167. The van der Waals surface area contributed by atoms with Gasteiger partial charge in [-0.3, -0.25) is 4.79 Å². The Morgan fingerprint density at radius 3 is 2.17 bits per heavy atom. The van der Waals surface area contributed by atoms with Gasteiger partial charge in [-0.25, -0.2) is 9.36 Å². The van der Waals surface area contributed by atoms with Crippen molar-refractivity contribution in [3.8, 4) is 33.9 Å². The minimum atomic E-state index is -0.128. The van der Waals surface area contributed by atoms with Gasteiger partial charge in [0, 0.05) is 28.2 Å². The molecule has 6 heteroatoms. The molecule has 0 amide bonds. The summed E-state index contributed by atoms with van der Waals surface area (Å²) in [5.41, 5.74) is 6.78. The van der Waals surface area contributed by atoms with E-state index in [1.54, 1.807) is 0 Å². The molecule has 0 fully saturated rings. The highest BCUT2D eigenvalue weighted by Crippen LogP contribution is 2.42. The van der Waals surface area contributed by atoms with Gasteiger partial charge in [0.15, 0.2) is 5.78 Å². The molecule has 5 nitrogen and oxygen atoms in total. The molecule has 2 aromatic heterocycles. The first kappa shape index (κ1) is 22.7. The topological polar surface area (TPSA) is 52.7 Å². The number of halogens is 1. The SMILES string of the molecule is CC1(C)CC(=O)c2c(nn(-c3ccc(Br)cc3)c2-c2cn(-c3ccccc3)nc2-c2ccccc2)C1. The number of Topliss-reactive ketones (excluding diaryl/α,β-unsaturated/α-hetero) is 1. The Morgan fingerprint density at radius 1 is 0.806 bits per heavy atom. The normalized spacial score (nSPS) is 14.6. The van der Waals surface area contributed by atoms with Gasteiger partial charge in [-0.1, -0.05) is 78.3 Å². The summed E-state index contributed by atoms with van der Waals surface area (Å²) in [5, 5.41) is 10.0. The van der Waals surface area contributed by atoms with E-state index in [4.69, 9.17) is 10.2 Å². The molecule has 178 valence electrons. The van der Waals surface area contributed by atoms with E-state index in [-0.39, 0.29) is 11.2 Å². The molecule has 0 atom stereocenters. The monoisotopic (exact) mass is 536 g/mol. The summed E-state index contributed by atoms with van der Waals surface area (Å²) in [7, 11) is 0. The largest absolute Gasteiger partial charge is 0.294 e. The standard InChI is InChI=1S/C30H25BrN4O/c1-30(2)17-25-27(26(36)18-30)29(35(32-25)23-15-13-21(31)14-16-23)24-19-34(22-11-7-4-8-12-22)33-28(24)20-9-5-3-6-10-20/h3-16,19H,17-18H2,1-2H3. The Morgan fingerprint density at radius 2 is 1.47 bits per heavy atom. The lowest BCUT2D eigenvalue weighted by Crippen LogP contribution is -2.26. The molecule has 0 spiro atoms. The third-order valence-corrected chi connectivity index (χ3v) is 7.16. The van der Waals surface area contributed by atoms with Gasteiger partial charge in [0.25, 0.3) is 0 Å². The van der Waals surface area contributed by atoms with Crippen molar-refractivity contribution < 1.29 is 4.79 Å². The van der Waals surface area contributed by atoms with E-state index in [1.807, 2.05) is 88.4 Å². The van der Waals surface area contributed by atoms with Crippen LogP contribution in [-0.4, -0.2) is 25.3 Å². The van der Waals surface area contributed by atoms with Crippen LogP contribution in [0.1, 0.15) is 36.3 Å². The second-order valence-electron chi connectivity index (χ2n) is 10.0. The average Bonchev–Trinajstić information content (AvgIpc) is 3.47. The molecule has 0 unspecified atom stereocenters. The van der Waals surface area contributed by atoms with Crippen LogP contribution in [0.25, 0.3) is 33.9 Å². The maximum absolute atomic E-state index is 13.6. The van der Waals surface area contributed by atoms with Gasteiger partial charge in [-0.2, -0.15) is 10.2 Å². The van der Waals surface area contributed by atoms with Crippen molar-refractivity contribution in [2.24, 2.45) is 5.41 Å². The Bertz CT molecular complexity index is 1570. The molecular formula is C30H25BrN4O. The van der Waals surface area contributed by atoms with Gasteiger partial charge in [0.1, 0.15) is 5.69 Å². The average molecular weight is 537 g/mol. The Hall–Kier alpha value is -3.77. The summed E-state index contributed by atoms with van der Waals surface area (Å²) < 4.78 is 4.80. The molecule has 0 saturated heterocycles. The van der Waals surface area contributed by atoms with Crippen LogP contribution in [0.2, 0.25) is 0 Å². The summed E-state index contributed by atoms with van der Waals surface area (Å²) in [6.07, 6.45) is 3.27. The summed E-state index contributed by atoms with van der Waals surface area (Å²) >= 11 is 3.54. The van der Waals surface area contributed by atoms with Crippen molar-refractivity contribution >= 4 is 21.7 Å². The number of hydrogen-bond acceptors (Lipinski definition) is 3. The third kappa shape index (κ3) is 4.01. The maximum Gasteiger partial charge on any atom is 0.167 e. The highest BCUT2D eigenvalue weighted by Gasteiger charge is 2.37. The third-order valence-electron chi connectivity index (χ3n) is 6.63. The molecule has 0 N–H and O–H groups in total. The minimum Gasteiger partial charge on any atom is -0.294 e. The number of benzene rings is 3. The van der Waals surface area contributed by atoms with Crippen LogP contribution in [0, 0.1) is 5.41 Å². The van der Waals surface area contributed by atoms with Crippen LogP contribution < -0.4 is 0 Å². The van der Waals surface area contributed by atoms with Crippen LogP contribution in [0.5, 0.6) is 0 Å². The number of nitrogens with zero attached hydrogens (tertiary/aromatic N) is 4. The predicted octanol–water partition coefficient (Wildman–Crippen LogP) is 7.31. The molecule has 0 bridgehead atoms. The first-order valence-electron chi connectivity index (χ1n) is 12.0. The van der Waals surface area contributed by atoms with Gasteiger partial charge >= 0.3 is 0 Å². The zero-order valence-corrected chi connectivity index (χ0v) is 21.7. The number of carbonyl (C=O) groups excluding carboxylic acids is 1. The maximum atomic E-state index is 13.6. The Labute approximate surface area is 218 Å². The zero-order valence-electron chi connectivity index (χ0n) is 20.1. The first-order valence-corrected chi connectivity index (χ1v) is 12.8. The molecule has 5 aromatic rings. The molecule has 0 radical (unpaired) electrons. The number of hydrogen-bond donors (Lipinski definition) is 0. The Kier molecular flexibility index (Phi) is 5.49. The fourth-order valence-corrected chi connectivity index (χ4v) is 5.27. The number of aromatic nitrogens is 4. The molecule has 0 saturated carbocycles. The highest BCUT2D eigenvalue weighted by atomic mass is 79.9. The van der Waals surface area contributed by atoms with E-state index in [0.29, 0.717) is 12.0 Å². The van der Waals surface area contributed by atoms with Crippen LogP contribution in [0.3, 0.4) is 0 Å². The Balaban J connectivity index is 1.66. The van der Waals surface area contributed by atoms with Crippen LogP contribution in [0.4, 0.5) is 0 Å². The smallest absolute Gasteiger partial charge is 0.167 e. The lowest BCUT2D eigenvalue weighted by molar-refractivity contribution is 0.0912. The lowest BCUT2D eigenvalue weighted by atomic mass is 9.75. The molecule has 36 heavy (non-hydrogen) atoms. The van der Waals surface area contributed by atoms with Crippen molar-refractivity contribution in [1.82, 2.24) is 19.6 Å². The van der Waals surface area contributed by atoms with E-state index in [2.05, 4.69) is 41.9 Å². The number of rotatable bonds is 4. The van der Waals surface area contributed by atoms with Crippen molar-refractivity contribution in [3.05, 3.63) is 107 Å². The predicted molar refractivity (Wildman–Crippen MR) is 146 cm³/mol. The van der Waals surface area contributed by atoms with Gasteiger partial charge in [-0.15, -0.1) is 0 Å². The quantitative estimate of drug-likeness (QED) is 0.242. The minimum absolute atomic E-state index is 0.128. The molecule has 1 aliphatic rings. The fourth-order valence-electron chi connectivity index (χ4n) is 5.01. The van der Waals surface area contributed by atoms with E-state index >= 15 is 0 Å². The number of fused-ring (bicyclic) bond motifs is 1. The molecule has 2 heterocycles. The van der Waals surface area contributed by atoms with Crippen LogP contribution in [-0.2, 0) is 6.42 Å². The summed E-state index contributed by atoms with van der Waals surface area (Å²) in [5.74, 6) is 0.131. The number of ketones is 1. The van der Waals surface area contributed by atoms with Gasteiger partial charge < -0.3 is 0 Å². The van der Waals surface area contributed by atoms with Crippen molar-refractivity contribution in [2.45, 2.75) is 26.7 Å². The number of carbonyl (C=O) groups is 1. The molecular weight excluding hydrogens is 512 g/mol. The van der Waals surface area contributed by atoms with Crippen molar-refractivity contribution in [1.29, 1.82) is 0 Å². The van der Waals surface area contributed by atoms with Gasteiger partial charge in [0.05, 0.1) is 28.3 Å². The molecule has 3 aromatic carbocycles. The van der Waals surface area contributed by atoms with Gasteiger partial charge in [0.2, 0.25) is 0 Å². The highest BCUT2D eigenvalue weighted by molar-refractivity contribution is 9.10. The zero-order chi connectivity index (χ0) is 24.9. The van der Waals surface area contributed by atoms with E-state index in [1.165, 1.54) is 0 Å². The van der Waals surface area contributed by atoms with Crippen molar-refractivity contribution in [3.63, 3.8) is 0 Å². The first-order chi connectivity index (χ1) is 17.4. The molecule has 1 aliphatic carbocycles. The number of para-hydroxylation sites is 1. The van der Waals surface area contributed by atoms with E-state index in [9.17, 15) is 4.79 Å². The molecule has 0 aliphatic heterocycles. The second kappa shape index (κ2) is 8.71. The van der Waals surface area contributed by atoms with E-state index in [0.717, 1.165) is 50.5 Å². The summed E-state index contributed by atoms with van der Waals surface area (Å²) in [6, 6.07) is 28.2. The summed E-state index contributed by atoms with van der Waals surface area (Å²) in [4.78, 5) is 13.6. The lowest BCUT2D eigenvalue weighted by Gasteiger charge is -2.27.